The zero-order chi connectivity index (χ0) is 11.1. The molecule has 0 atom stereocenters. The second kappa shape index (κ2) is 20.4. The summed E-state index contributed by atoms with van der Waals surface area (Å²) in [4.78, 5) is 0. The minimum Gasteiger partial charge on any atom is -0.179 e. The van der Waals surface area contributed by atoms with Crippen LogP contribution in [-0.4, -0.2) is 33.4 Å². The summed E-state index contributed by atoms with van der Waals surface area (Å²) in [7, 11) is 0. The Hall–Kier alpha value is 1.98. The van der Waals surface area contributed by atoms with Crippen LogP contribution in [0.3, 0.4) is 0 Å². The minimum absolute atomic E-state index is 0.716. The van der Waals surface area contributed by atoms with Crippen LogP contribution in [-0.2, 0) is 0 Å². The van der Waals surface area contributed by atoms with Crippen molar-refractivity contribution in [1.82, 2.24) is 0 Å². The first-order chi connectivity index (χ1) is 6.83. The molecule has 88 valence electrons. The largest absolute Gasteiger partial charge is 0.179 e. The fourth-order valence-corrected chi connectivity index (χ4v) is 2.76. The number of rotatable bonds is 8. The molecule has 0 rings (SSSR count). The summed E-state index contributed by atoms with van der Waals surface area (Å²) in [6, 6.07) is 0. The highest BCUT2D eigenvalue weighted by atomic mass is 35.5. The molecule has 0 aromatic heterocycles. The van der Waals surface area contributed by atoms with E-state index in [-0.39, 0.29) is 0 Å². The van der Waals surface area contributed by atoms with Gasteiger partial charge >= 0.3 is 0 Å². The van der Waals surface area contributed by atoms with Crippen LogP contribution >= 0.6 is 72.0 Å². The van der Waals surface area contributed by atoms with Crippen molar-refractivity contribution in [3.05, 3.63) is 0 Å². The molecule has 0 saturated carbocycles. The van der Waals surface area contributed by atoms with E-state index in [2.05, 4.69) is 25.3 Å². The number of halogens is 2. The average molecular weight is 313 g/mol. The van der Waals surface area contributed by atoms with Crippen LogP contribution in [0.15, 0.2) is 0 Å². The van der Waals surface area contributed by atoms with Crippen molar-refractivity contribution >= 4 is 72.0 Å². The molecule has 14 heavy (non-hydrogen) atoms. The Morgan fingerprint density at radius 2 is 1.14 bits per heavy atom. The molecule has 6 heteroatoms. The summed E-state index contributed by atoms with van der Waals surface area (Å²) in [5.41, 5.74) is 0. The predicted molar refractivity (Wildman–Crippen MR) is 83.3 cm³/mol. The lowest BCUT2D eigenvalue weighted by Gasteiger charge is -1.89. The topological polar surface area (TPSA) is 0 Å². The Kier molecular flexibility index (Phi) is 26.7. The van der Waals surface area contributed by atoms with Gasteiger partial charge in [-0.25, -0.2) is 0 Å². The SMILES string of the molecule is SCCCSCCl.SCCCSCCl. The fraction of sp³-hybridized carbons (Fsp3) is 1.00. The van der Waals surface area contributed by atoms with E-state index < -0.39 is 0 Å². The van der Waals surface area contributed by atoms with Crippen LogP contribution in [0.2, 0.25) is 0 Å². The first-order valence-electron chi connectivity index (χ1n) is 4.32. The molecule has 0 unspecified atom stereocenters. The third-order valence-electron chi connectivity index (χ3n) is 1.05. The molecular formula is C8H18Cl2S4. The zero-order valence-electron chi connectivity index (χ0n) is 8.12. The van der Waals surface area contributed by atoms with Gasteiger partial charge < -0.3 is 0 Å². The molecule has 0 heterocycles. The smallest absolute Gasteiger partial charge is 0.0680 e. The van der Waals surface area contributed by atoms with Crippen molar-refractivity contribution in [2.24, 2.45) is 0 Å². The van der Waals surface area contributed by atoms with Crippen molar-refractivity contribution in [1.29, 1.82) is 0 Å². The standard InChI is InChI=1S/2C4H9ClS2/c2*5-4-7-3-1-2-6/h2*6H,1-4H2. The van der Waals surface area contributed by atoms with E-state index in [1.807, 2.05) is 0 Å². The molecule has 0 N–H and O–H groups in total. The molecule has 0 spiro atoms. The van der Waals surface area contributed by atoms with Crippen molar-refractivity contribution in [3.63, 3.8) is 0 Å². The van der Waals surface area contributed by atoms with Crippen LogP contribution in [0.25, 0.3) is 0 Å². The van der Waals surface area contributed by atoms with Gasteiger partial charge in [-0.15, -0.1) is 46.7 Å². The van der Waals surface area contributed by atoms with E-state index in [0.717, 1.165) is 23.0 Å². The number of alkyl halides is 2. The van der Waals surface area contributed by atoms with Gasteiger partial charge in [-0.2, -0.15) is 25.3 Å². The summed E-state index contributed by atoms with van der Waals surface area (Å²) in [6.07, 6.45) is 2.33. The van der Waals surface area contributed by atoms with Crippen molar-refractivity contribution < 1.29 is 0 Å². The van der Waals surface area contributed by atoms with Gasteiger partial charge in [0.25, 0.3) is 0 Å². The van der Waals surface area contributed by atoms with Crippen molar-refractivity contribution in [3.8, 4) is 0 Å². The normalized spacial score (nSPS) is 9.43. The molecule has 0 aliphatic carbocycles. The van der Waals surface area contributed by atoms with Crippen LogP contribution in [0.5, 0.6) is 0 Å². The summed E-state index contributed by atoms with van der Waals surface area (Å²) in [5, 5.41) is 1.43. The number of thiol groups is 2. The van der Waals surface area contributed by atoms with E-state index in [1.54, 1.807) is 23.5 Å². The Balaban J connectivity index is 0. The monoisotopic (exact) mass is 312 g/mol. The van der Waals surface area contributed by atoms with E-state index in [0.29, 0.717) is 10.4 Å². The lowest BCUT2D eigenvalue weighted by molar-refractivity contribution is 1.13. The molecule has 0 aromatic carbocycles. The number of hydrogen-bond donors (Lipinski definition) is 2. The van der Waals surface area contributed by atoms with E-state index >= 15 is 0 Å². The van der Waals surface area contributed by atoms with Crippen LogP contribution in [0, 0.1) is 0 Å². The highest BCUT2D eigenvalue weighted by molar-refractivity contribution is 8.00. The van der Waals surface area contributed by atoms with Crippen LogP contribution < -0.4 is 0 Å². The summed E-state index contributed by atoms with van der Waals surface area (Å²) < 4.78 is 0. The Morgan fingerprint density at radius 1 is 0.786 bits per heavy atom. The van der Waals surface area contributed by atoms with E-state index in [1.165, 1.54) is 12.8 Å². The summed E-state index contributed by atoms with van der Waals surface area (Å²) in [6.45, 7) is 0. The van der Waals surface area contributed by atoms with Gasteiger partial charge in [0.2, 0.25) is 0 Å². The lowest BCUT2D eigenvalue weighted by atomic mass is 10.6. The first-order valence-corrected chi connectivity index (χ1v) is 8.97. The third kappa shape index (κ3) is 23.6. The molecule has 0 radical (unpaired) electrons. The minimum atomic E-state index is 0.716. The Morgan fingerprint density at radius 3 is 1.36 bits per heavy atom. The summed E-state index contributed by atoms with van der Waals surface area (Å²) in [5.74, 6) is 4.24. The highest BCUT2D eigenvalue weighted by Gasteiger charge is 1.82. The Bertz CT molecular complexity index is 67.7. The number of thioether (sulfide) groups is 2. The molecule has 0 aliphatic rings. The van der Waals surface area contributed by atoms with E-state index in [4.69, 9.17) is 23.2 Å². The predicted octanol–water partition coefficient (Wildman–Crippen LogP) is 4.47. The molecule has 0 bridgehead atoms. The molecule has 0 saturated heterocycles. The van der Waals surface area contributed by atoms with Crippen LogP contribution in [0.4, 0.5) is 0 Å². The zero-order valence-corrected chi connectivity index (χ0v) is 13.1. The maximum Gasteiger partial charge on any atom is 0.0680 e. The average Bonchev–Trinajstić information content (AvgIpc) is 2.21. The molecular weight excluding hydrogens is 295 g/mol. The molecule has 0 amide bonds. The second-order valence-corrected chi connectivity index (χ2v) is 6.46. The highest BCUT2D eigenvalue weighted by Crippen LogP contribution is 2.04. The Labute approximate surface area is 117 Å². The lowest BCUT2D eigenvalue weighted by Crippen LogP contribution is -1.78. The number of hydrogen-bond acceptors (Lipinski definition) is 4. The molecule has 0 fully saturated rings. The van der Waals surface area contributed by atoms with Gasteiger partial charge in [-0.1, -0.05) is 0 Å². The fourth-order valence-electron chi connectivity index (χ4n) is 0.442. The first kappa shape index (κ1) is 18.3. The van der Waals surface area contributed by atoms with Gasteiger partial charge in [-0.05, 0) is 35.9 Å². The molecule has 0 aliphatic heterocycles. The van der Waals surface area contributed by atoms with Gasteiger partial charge in [-0.3, -0.25) is 0 Å². The second-order valence-electron chi connectivity index (χ2n) is 2.19. The molecule has 0 aromatic rings. The van der Waals surface area contributed by atoms with Crippen LogP contribution in [0.1, 0.15) is 12.8 Å². The van der Waals surface area contributed by atoms with Gasteiger partial charge in [0, 0.05) is 0 Å². The van der Waals surface area contributed by atoms with Crippen molar-refractivity contribution in [2.45, 2.75) is 12.8 Å². The maximum atomic E-state index is 5.38. The summed E-state index contributed by atoms with van der Waals surface area (Å²) >= 11 is 22.3. The van der Waals surface area contributed by atoms with Crippen molar-refractivity contribution in [2.75, 3.05) is 33.4 Å². The van der Waals surface area contributed by atoms with Gasteiger partial charge in [0.05, 0.1) is 10.4 Å². The van der Waals surface area contributed by atoms with Gasteiger partial charge in [0.1, 0.15) is 0 Å². The quantitative estimate of drug-likeness (QED) is 0.385. The third-order valence-corrected chi connectivity index (χ3v) is 4.07. The van der Waals surface area contributed by atoms with Gasteiger partial charge in [0.15, 0.2) is 0 Å². The maximum absolute atomic E-state index is 5.38. The van der Waals surface area contributed by atoms with E-state index in [9.17, 15) is 0 Å². The molecule has 0 nitrogen and oxygen atoms in total.